The topological polar surface area (TPSA) is 131 Å². The molecule has 3 N–H and O–H groups in total. The highest BCUT2D eigenvalue weighted by molar-refractivity contribution is 7.76. The average molecular weight is 409 g/mol. The van der Waals surface area contributed by atoms with Crippen LogP contribution in [0, 0.1) is 5.92 Å². The Morgan fingerprint density at radius 3 is 2.75 bits per heavy atom. The SMILES string of the molecule is CC(C)n1cnc2c(NC3CCN(S(=O)[O-])C3)nc(NC(CO)C3CC3)nc21. The van der Waals surface area contributed by atoms with Crippen molar-refractivity contribution in [3.63, 3.8) is 0 Å². The molecule has 1 aliphatic heterocycles. The summed E-state index contributed by atoms with van der Waals surface area (Å²) in [5.41, 5.74) is 1.37. The molecule has 3 unspecified atom stereocenters. The largest absolute Gasteiger partial charge is 0.760 e. The fourth-order valence-corrected chi connectivity index (χ4v) is 4.17. The summed E-state index contributed by atoms with van der Waals surface area (Å²) in [4.78, 5) is 13.7. The van der Waals surface area contributed by atoms with Gasteiger partial charge in [0.1, 0.15) is 0 Å². The monoisotopic (exact) mass is 408 g/mol. The van der Waals surface area contributed by atoms with Crippen molar-refractivity contribution in [1.82, 2.24) is 23.8 Å². The van der Waals surface area contributed by atoms with E-state index in [9.17, 15) is 13.9 Å². The summed E-state index contributed by atoms with van der Waals surface area (Å²) < 4.78 is 25.8. The molecule has 0 amide bonds. The fourth-order valence-electron chi connectivity index (χ4n) is 3.61. The van der Waals surface area contributed by atoms with Crippen molar-refractivity contribution in [3.8, 4) is 0 Å². The van der Waals surface area contributed by atoms with Gasteiger partial charge in [-0.25, -0.2) is 9.29 Å². The fraction of sp³-hybridized carbons (Fsp3) is 0.706. The van der Waals surface area contributed by atoms with E-state index in [2.05, 4.69) is 39.4 Å². The van der Waals surface area contributed by atoms with Crippen molar-refractivity contribution in [3.05, 3.63) is 6.33 Å². The van der Waals surface area contributed by atoms with Crippen LogP contribution >= 0.6 is 0 Å². The molecule has 3 heterocycles. The van der Waals surface area contributed by atoms with Crippen LogP contribution in [0.3, 0.4) is 0 Å². The molecule has 10 nitrogen and oxygen atoms in total. The maximum Gasteiger partial charge on any atom is 0.227 e. The molecular weight excluding hydrogens is 382 g/mol. The maximum absolute atomic E-state index is 11.2. The number of hydrogen-bond acceptors (Lipinski definition) is 8. The molecule has 2 fully saturated rings. The van der Waals surface area contributed by atoms with Crippen molar-refractivity contribution < 1.29 is 13.9 Å². The predicted molar refractivity (Wildman–Crippen MR) is 105 cm³/mol. The lowest BCUT2D eigenvalue weighted by Gasteiger charge is -2.20. The number of nitrogens with zero attached hydrogens (tertiary/aromatic N) is 5. The van der Waals surface area contributed by atoms with Crippen molar-refractivity contribution in [1.29, 1.82) is 0 Å². The van der Waals surface area contributed by atoms with Crippen LogP contribution in [0.1, 0.15) is 39.2 Å². The highest BCUT2D eigenvalue weighted by Crippen LogP contribution is 2.34. The van der Waals surface area contributed by atoms with Crippen LogP contribution in [-0.4, -0.2) is 69.5 Å². The van der Waals surface area contributed by atoms with Crippen LogP contribution < -0.4 is 10.6 Å². The van der Waals surface area contributed by atoms with Crippen molar-refractivity contribution in [2.24, 2.45) is 5.92 Å². The van der Waals surface area contributed by atoms with Crippen molar-refractivity contribution in [2.75, 3.05) is 30.3 Å². The normalized spacial score (nSPS) is 22.7. The van der Waals surface area contributed by atoms with E-state index < -0.39 is 11.3 Å². The molecule has 2 aliphatic rings. The number of aliphatic hydroxyl groups excluding tert-OH is 1. The molecular formula is C17H26N7O3S-. The number of nitrogens with one attached hydrogen (secondary N) is 2. The lowest BCUT2D eigenvalue weighted by Crippen LogP contribution is -2.29. The summed E-state index contributed by atoms with van der Waals surface area (Å²) in [5, 5.41) is 16.3. The second-order valence-electron chi connectivity index (χ2n) is 7.82. The van der Waals surface area contributed by atoms with E-state index in [1.807, 2.05) is 4.57 Å². The molecule has 1 aliphatic carbocycles. The van der Waals surface area contributed by atoms with Crippen LogP contribution in [0.15, 0.2) is 6.33 Å². The third-order valence-corrected chi connectivity index (χ3v) is 6.14. The first kappa shape index (κ1) is 19.5. The van der Waals surface area contributed by atoms with Crippen molar-refractivity contribution >= 4 is 34.2 Å². The van der Waals surface area contributed by atoms with Crippen LogP contribution in [0.4, 0.5) is 11.8 Å². The number of imidazole rings is 1. The van der Waals surface area contributed by atoms with E-state index >= 15 is 0 Å². The van der Waals surface area contributed by atoms with Gasteiger partial charge in [-0.3, -0.25) is 4.21 Å². The Balaban J connectivity index is 1.64. The molecule has 0 aromatic carbocycles. The molecule has 0 spiro atoms. The zero-order valence-electron chi connectivity index (χ0n) is 16.0. The minimum atomic E-state index is -2.21. The van der Waals surface area contributed by atoms with Crippen LogP contribution in [0.25, 0.3) is 11.2 Å². The predicted octanol–water partition coefficient (Wildman–Crippen LogP) is 0.870. The summed E-state index contributed by atoms with van der Waals surface area (Å²) >= 11 is -2.21. The van der Waals surface area contributed by atoms with Gasteiger partial charge in [-0.05, 0) is 39.0 Å². The zero-order valence-corrected chi connectivity index (χ0v) is 16.9. The maximum atomic E-state index is 11.2. The van der Waals surface area contributed by atoms with Gasteiger partial charge in [0.15, 0.2) is 17.0 Å². The van der Waals surface area contributed by atoms with Gasteiger partial charge in [-0.2, -0.15) is 9.97 Å². The van der Waals surface area contributed by atoms with Gasteiger partial charge in [0.05, 0.1) is 19.0 Å². The Kier molecular flexibility index (Phi) is 5.50. The molecule has 154 valence electrons. The first-order chi connectivity index (χ1) is 13.5. The standard InChI is InChI=1S/C17H27N7O3S/c1-10(2)24-9-18-14-15(19-12-5-6-23(7-12)28(26)27)21-17(22-16(14)24)20-13(8-25)11-3-4-11/h9-13,25H,3-8H2,1-2H3,(H,26,27)(H2,19,20,21,22)/p-1. The van der Waals surface area contributed by atoms with Crippen LogP contribution in [0.5, 0.6) is 0 Å². The van der Waals surface area contributed by atoms with E-state index in [0.717, 1.165) is 12.8 Å². The molecule has 0 bridgehead atoms. The number of anilines is 2. The number of rotatable bonds is 8. The highest BCUT2D eigenvalue weighted by Gasteiger charge is 2.32. The van der Waals surface area contributed by atoms with Gasteiger partial charge in [-0.15, -0.1) is 0 Å². The third kappa shape index (κ3) is 3.97. The lowest BCUT2D eigenvalue weighted by molar-refractivity contribution is 0.263. The summed E-state index contributed by atoms with van der Waals surface area (Å²) in [7, 11) is 0. The molecule has 11 heteroatoms. The van der Waals surface area contributed by atoms with E-state index in [1.165, 1.54) is 4.31 Å². The Hall–Kier alpha value is -1.82. The Morgan fingerprint density at radius 2 is 2.14 bits per heavy atom. The minimum absolute atomic E-state index is 0.0329. The molecule has 2 aromatic heterocycles. The summed E-state index contributed by atoms with van der Waals surface area (Å²) in [5.74, 6) is 1.49. The quantitative estimate of drug-likeness (QED) is 0.548. The molecule has 0 radical (unpaired) electrons. The number of hydrogen-bond donors (Lipinski definition) is 3. The number of fused-ring (bicyclic) bond motifs is 1. The van der Waals surface area contributed by atoms with Gasteiger partial charge in [0.25, 0.3) is 0 Å². The molecule has 1 saturated heterocycles. The Morgan fingerprint density at radius 1 is 1.36 bits per heavy atom. The van der Waals surface area contributed by atoms with Gasteiger partial charge in [0.2, 0.25) is 5.95 Å². The third-order valence-electron chi connectivity index (χ3n) is 5.38. The minimum Gasteiger partial charge on any atom is -0.760 e. The molecule has 2 aromatic rings. The van der Waals surface area contributed by atoms with Crippen LogP contribution in [0.2, 0.25) is 0 Å². The molecule has 3 atom stereocenters. The van der Waals surface area contributed by atoms with Gasteiger partial charge >= 0.3 is 0 Å². The van der Waals surface area contributed by atoms with E-state index in [4.69, 9.17) is 0 Å². The van der Waals surface area contributed by atoms with E-state index in [1.54, 1.807) is 6.33 Å². The lowest BCUT2D eigenvalue weighted by atomic mass is 10.2. The average Bonchev–Trinajstić information content (AvgIpc) is 3.22. The van der Waals surface area contributed by atoms with Crippen LogP contribution in [-0.2, 0) is 11.3 Å². The zero-order chi connectivity index (χ0) is 19.8. The van der Waals surface area contributed by atoms with Gasteiger partial charge in [-0.1, -0.05) is 0 Å². The van der Waals surface area contributed by atoms with E-state index in [0.29, 0.717) is 48.4 Å². The number of aromatic nitrogens is 4. The Labute approximate surface area is 166 Å². The van der Waals surface area contributed by atoms with Gasteiger partial charge in [0, 0.05) is 36.4 Å². The molecule has 28 heavy (non-hydrogen) atoms. The first-order valence-corrected chi connectivity index (χ1v) is 10.7. The Bertz CT molecular complexity index is 870. The molecule has 4 rings (SSSR count). The smallest absolute Gasteiger partial charge is 0.227 e. The summed E-state index contributed by atoms with van der Waals surface area (Å²) in [6.45, 7) is 5.04. The first-order valence-electron chi connectivity index (χ1n) is 9.69. The second-order valence-corrected chi connectivity index (χ2v) is 8.77. The summed E-state index contributed by atoms with van der Waals surface area (Å²) in [6.07, 6.45) is 4.64. The summed E-state index contributed by atoms with van der Waals surface area (Å²) in [6, 6.07) is 0.0817. The highest BCUT2D eigenvalue weighted by atomic mass is 32.2. The second kappa shape index (κ2) is 7.90. The van der Waals surface area contributed by atoms with E-state index in [-0.39, 0.29) is 24.7 Å². The van der Waals surface area contributed by atoms with Crippen molar-refractivity contribution in [2.45, 2.75) is 51.2 Å². The molecule has 1 saturated carbocycles. The number of aliphatic hydroxyl groups is 1. The van der Waals surface area contributed by atoms with Gasteiger partial charge < -0.3 is 24.9 Å².